The Morgan fingerprint density at radius 3 is 2.58 bits per heavy atom. The second-order valence-corrected chi connectivity index (χ2v) is 7.01. The molecular weight excluding hydrogens is 322 g/mol. The van der Waals surface area contributed by atoms with Gasteiger partial charge in [-0.3, -0.25) is 9.59 Å². The maximum absolute atomic E-state index is 12.6. The predicted molar refractivity (Wildman–Crippen MR) is 97.3 cm³/mol. The average molecular weight is 347 g/mol. The van der Waals surface area contributed by atoms with Gasteiger partial charge in [-0.05, 0) is 31.2 Å². The fourth-order valence-corrected chi connectivity index (χ4v) is 3.86. The SMILES string of the molecule is CCC(CC)[C@@H](NC(=O)Cc1c(C)nc(C)[nH]c1=O)c1cccs1. The lowest BCUT2D eigenvalue weighted by atomic mass is 9.92. The summed E-state index contributed by atoms with van der Waals surface area (Å²) in [5, 5.41) is 5.15. The van der Waals surface area contributed by atoms with E-state index in [4.69, 9.17) is 0 Å². The first-order chi connectivity index (χ1) is 11.5. The van der Waals surface area contributed by atoms with Crippen molar-refractivity contribution in [3.8, 4) is 0 Å². The van der Waals surface area contributed by atoms with Crippen molar-refractivity contribution in [3.05, 3.63) is 49.8 Å². The van der Waals surface area contributed by atoms with Crippen molar-refractivity contribution >= 4 is 17.2 Å². The standard InChI is InChI=1S/C18H25N3O2S/c1-5-13(6-2)17(15-8-7-9-24-15)21-16(22)10-14-11(3)19-12(4)20-18(14)23/h7-9,13,17H,5-6,10H2,1-4H3,(H,21,22)(H,19,20,23)/t17-/m1/s1. The summed E-state index contributed by atoms with van der Waals surface area (Å²) >= 11 is 1.65. The van der Waals surface area contributed by atoms with Crippen LogP contribution in [0.2, 0.25) is 0 Å². The van der Waals surface area contributed by atoms with E-state index < -0.39 is 0 Å². The molecule has 2 aromatic heterocycles. The first-order valence-electron chi connectivity index (χ1n) is 8.35. The molecule has 2 heterocycles. The summed E-state index contributed by atoms with van der Waals surface area (Å²) in [4.78, 5) is 32.7. The number of amides is 1. The number of nitrogens with one attached hydrogen (secondary N) is 2. The van der Waals surface area contributed by atoms with Crippen molar-refractivity contribution in [2.45, 2.75) is 53.0 Å². The Labute approximate surface area is 146 Å². The number of hydrogen-bond donors (Lipinski definition) is 2. The molecule has 0 spiro atoms. The Balaban J connectivity index is 2.18. The number of aromatic amines is 1. The third-order valence-corrected chi connectivity index (χ3v) is 5.32. The zero-order chi connectivity index (χ0) is 17.7. The van der Waals surface area contributed by atoms with Crippen LogP contribution in [0.25, 0.3) is 0 Å². The van der Waals surface area contributed by atoms with Crippen molar-refractivity contribution in [1.29, 1.82) is 0 Å². The number of thiophene rings is 1. The second kappa shape index (κ2) is 8.24. The lowest BCUT2D eigenvalue weighted by molar-refractivity contribution is -0.121. The van der Waals surface area contributed by atoms with Crippen LogP contribution in [0.3, 0.4) is 0 Å². The molecule has 0 aliphatic heterocycles. The molecule has 5 nitrogen and oxygen atoms in total. The van der Waals surface area contributed by atoms with Crippen molar-refractivity contribution in [1.82, 2.24) is 15.3 Å². The molecule has 2 rings (SSSR count). The van der Waals surface area contributed by atoms with Crippen LogP contribution in [0, 0.1) is 19.8 Å². The topological polar surface area (TPSA) is 74.8 Å². The van der Waals surface area contributed by atoms with Gasteiger partial charge in [0.15, 0.2) is 0 Å². The second-order valence-electron chi connectivity index (χ2n) is 6.03. The minimum atomic E-state index is -0.231. The van der Waals surface area contributed by atoms with Crippen LogP contribution in [-0.2, 0) is 11.2 Å². The zero-order valence-corrected chi connectivity index (χ0v) is 15.5. The van der Waals surface area contributed by atoms with Gasteiger partial charge in [0.2, 0.25) is 5.91 Å². The van der Waals surface area contributed by atoms with Crippen molar-refractivity contribution in [2.24, 2.45) is 5.92 Å². The average Bonchev–Trinajstić information content (AvgIpc) is 3.05. The Bertz CT molecular complexity index is 733. The molecular formula is C18H25N3O2S. The molecule has 0 aromatic carbocycles. The number of aromatic nitrogens is 2. The smallest absolute Gasteiger partial charge is 0.254 e. The molecule has 1 atom stereocenters. The maximum Gasteiger partial charge on any atom is 0.254 e. The fourth-order valence-electron chi connectivity index (χ4n) is 2.99. The van der Waals surface area contributed by atoms with Crippen LogP contribution in [0.15, 0.2) is 22.3 Å². The summed E-state index contributed by atoms with van der Waals surface area (Å²) in [6.45, 7) is 7.78. The normalized spacial score (nSPS) is 12.4. The Hall–Kier alpha value is -1.95. The van der Waals surface area contributed by atoms with Gasteiger partial charge in [0.05, 0.1) is 12.5 Å². The minimum Gasteiger partial charge on any atom is -0.348 e. The van der Waals surface area contributed by atoms with E-state index >= 15 is 0 Å². The van der Waals surface area contributed by atoms with Crippen molar-refractivity contribution in [3.63, 3.8) is 0 Å². The molecule has 0 aliphatic carbocycles. The minimum absolute atomic E-state index is 0.00899. The highest BCUT2D eigenvalue weighted by Crippen LogP contribution is 2.30. The van der Waals surface area contributed by atoms with Crippen LogP contribution in [0.4, 0.5) is 0 Å². The molecule has 0 saturated heterocycles. The number of hydrogen-bond acceptors (Lipinski definition) is 4. The van der Waals surface area contributed by atoms with Gasteiger partial charge in [-0.1, -0.05) is 32.8 Å². The molecule has 24 heavy (non-hydrogen) atoms. The Morgan fingerprint density at radius 2 is 2.04 bits per heavy atom. The Kier molecular flexibility index (Phi) is 6.31. The van der Waals surface area contributed by atoms with E-state index in [1.807, 2.05) is 11.4 Å². The summed E-state index contributed by atoms with van der Waals surface area (Å²) in [5.74, 6) is 0.804. The highest BCUT2D eigenvalue weighted by atomic mass is 32.1. The van der Waals surface area contributed by atoms with E-state index in [-0.39, 0.29) is 23.9 Å². The molecule has 0 radical (unpaired) electrons. The first kappa shape index (κ1) is 18.4. The van der Waals surface area contributed by atoms with E-state index in [9.17, 15) is 9.59 Å². The van der Waals surface area contributed by atoms with Gasteiger partial charge in [-0.15, -0.1) is 11.3 Å². The number of nitrogens with zero attached hydrogens (tertiary/aromatic N) is 1. The van der Waals surface area contributed by atoms with E-state index in [0.29, 0.717) is 23.0 Å². The predicted octanol–water partition coefficient (Wildman–Crippen LogP) is 3.28. The van der Waals surface area contributed by atoms with E-state index in [1.165, 1.54) is 0 Å². The quantitative estimate of drug-likeness (QED) is 0.807. The highest BCUT2D eigenvalue weighted by Gasteiger charge is 2.24. The molecule has 6 heteroatoms. The van der Waals surface area contributed by atoms with Crippen molar-refractivity contribution < 1.29 is 4.79 Å². The van der Waals surface area contributed by atoms with Crippen LogP contribution in [-0.4, -0.2) is 15.9 Å². The Morgan fingerprint density at radius 1 is 1.33 bits per heavy atom. The van der Waals surface area contributed by atoms with E-state index in [2.05, 4.69) is 35.2 Å². The molecule has 0 saturated carbocycles. The zero-order valence-electron chi connectivity index (χ0n) is 14.7. The summed E-state index contributed by atoms with van der Waals surface area (Å²) in [7, 11) is 0. The van der Waals surface area contributed by atoms with Crippen LogP contribution < -0.4 is 10.9 Å². The first-order valence-corrected chi connectivity index (χ1v) is 9.23. The monoisotopic (exact) mass is 347 g/mol. The van der Waals surface area contributed by atoms with E-state index in [0.717, 1.165) is 17.7 Å². The summed E-state index contributed by atoms with van der Waals surface area (Å²) in [6.07, 6.45) is 2.03. The molecule has 130 valence electrons. The third kappa shape index (κ3) is 4.32. The lowest BCUT2D eigenvalue weighted by Gasteiger charge is -2.25. The highest BCUT2D eigenvalue weighted by molar-refractivity contribution is 7.10. The van der Waals surface area contributed by atoms with Gasteiger partial charge in [0, 0.05) is 16.1 Å². The fraction of sp³-hybridized carbons (Fsp3) is 0.500. The lowest BCUT2D eigenvalue weighted by Crippen LogP contribution is -2.35. The molecule has 0 unspecified atom stereocenters. The number of carbonyl (C=O) groups excluding carboxylic acids is 1. The van der Waals surface area contributed by atoms with Gasteiger partial charge in [0.1, 0.15) is 5.82 Å². The number of rotatable bonds is 7. The molecule has 0 bridgehead atoms. The summed E-state index contributed by atoms with van der Waals surface area (Å²) < 4.78 is 0. The molecule has 2 N–H and O–H groups in total. The van der Waals surface area contributed by atoms with Gasteiger partial charge >= 0.3 is 0 Å². The van der Waals surface area contributed by atoms with Crippen LogP contribution >= 0.6 is 11.3 Å². The van der Waals surface area contributed by atoms with Crippen LogP contribution in [0.1, 0.15) is 54.7 Å². The van der Waals surface area contributed by atoms with E-state index in [1.54, 1.807) is 25.2 Å². The molecule has 2 aromatic rings. The summed E-state index contributed by atoms with van der Waals surface area (Å²) in [5.41, 5.74) is 0.819. The van der Waals surface area contributed by atoms with Gasteiger partial charge in [-0.2, -0.15) is 0 Å². The number of H-pyrrole nitrogens is 1. The molecule has 1 amide bonds. The molecule has 0 fully saturated rings. The number of carbonyl (C=O) groups is 1. The van der Waals surface area contributed by atoms with Gasteiger partial charge in [0.25, 0.3) is 5.56 Å². The van der Waals surface area contributed by atoms with Gasteiger partial charge in [-0.25, -0.2) is 4.98 Å². The van der Waals surface area contributed by atoms with Crippen LogP contribution in [0.5, 0.6) is 0 Å². The largest absolute Gasteiger partial charge is 0.348 e. The number of aryl methyl sites for hydroxylation is 2. The maximum atomic E-state index is 12.6. The molecule has 0 aliphatic rings. The van der Waals surface area contributed by atoms with Gasteiger partial charge < -0.3 is 10.3 Å². The summed E-state index contributed by atoms with van der Waals surface area (Å²) in [6, 6.07) is 4.05. The third-order valence-electron chi connectivity index (χ3n) is 4.36. The van der Waals surface area contributed by atoms with Crippen molar-refractivity contribution in [2.75, 3.05) is 0 Å².